The highest BCUT2D eigenvalue weighted by molar-refractivity contribution is 5.99. The van der Waals surface area contributed by atoms with Gasteiger partial charge in [-0.1, -0.05) is 212 Å². The average Bonchev–Trinajstić information content (AvgIpc) is 0.781. The van der Waals surface area contributed by atoms with E-state index >= 15 is 0 Å². The Balaban J connectivity index is 0.000000113. The summed E-state index contributed by atoms with van der Waals surface area (Å²) in [4.78, 5) is 65.4. The molecule has 0 saturated heterocycles. The molecular weight excluding hydrogens is 1490 g/mol. The normalized spacial score (nSPS) is 11.3. The van der Waals surface area contributed by atoms with E-state index in [1.807, 2.05) is 159 Å². The van der Waals surface area contributed by atoms with E-state index in [4.69, 9.17) is 34.9 Å². The summed E-state index contributed by atoms with van der Waals surface area (Å²) >= 11 is 0. The summed E-state index contributed by atoms with van der Waals surface area (Å²) in [6, 6.07) is 115. The van der Waals surface area contributed by atoms with Crippen LogP contribution in [0.2, 0.25) is 0 Å². The number of hydrogen-bond donors (Lipinski definition) is 0. The van der Waals surface area contributed by atoms with Gasteiger partial charge in [0.2, 0.25) is 0 Å². The first kappa shape index (κ1) is 72.8. The first-order chi connectivity index (χ1) is 60.4. The molecule has 0 radical (unpaired) electrons. The van der Waals surface area contributed by atoms with Gasteiger partial charge in [0, 0.05) is 185 Å². The number of hydrogen-bond acceptors (Lipinski definition) is 14. The molecule has 0 bridgehead atoms. The lowest BCUT2D eigenvalue weighted by Crippen LogP contribution is -1.97. The molecule has 11 aromatic carbocycles. The van der Waals surface area contributed by atoms with Gasteiger partial charge in [-0.05, 0) is 165 Å². The standard InChI is InChI=1S/C38H24N4.C37H23N5.C33H21N5/c1-2-4-32-24-41-36(19-27(32)3-1)25-5-7-26(8-6-25)37-20-35(28-9-11-33-22-39-15-13-29(33)17-28)21-38(42-37)31-10-12-34-23-40-16-14-30(34)18-31;1-2-4-31-23-40-34(19-26(31)3-1)24-5-7-25(8-6-24)35-20-36(29-9-11-32-21-38-15-13-27(32)17-29)42-37(41-35)30-10-12-33-22-39-16-14-28(33)18-30;1-2-18-34-28(11-1)22-14-16-23(17-15-22)33-37-31(26-7-3-12-29-24(26)9-5-19-35-29)21-32(38-33)27-8-4-13-30-25(27)10-6-20-36-30/h1-24H;1-23H;1-21H. The summed E-state index contributed by atoms with van der Waals surface area (Å²) in [5.41, 5.74) is 23.5. The van der Waals surface area contributed by atoms with E-state index in [0.717, 1.165) is 199 Å². The molecule has 0 N–H and O–H groups in total. The first-order valence-corrected chi connectivity index (χ1v) is 40.2. The van der Waals surface area contributed by atoms with Gasteiger partial charge in [-0.2, -0.15) is 0 Å². The minimum Gasteiger partial charge on any atom is -0.264 e. The molecule has 23 rings (SSSR count). The van der Waals surface area contributed by atoms with E-state index in [9.17, 15) is 0 Å². The number of aromatic nitrogens is 14. The first-order valence-electron chi connectivity index (χ1n) is 40.2. The lowest BCUT2D eigenvalue weighted by molar-refractivity contribution is 1.18. The molecule has 14 nitrogen and oxygen atoms in total. The Morgan fingerprint density at radius 1 is 0.148 bits per heavy atom. The third-order valence-electron chi connectivity index (χ3n) is 22.2. The van der Waals surface area contributed by atoms with Crippen LogP contribution in [0.4, 0.5) is 0 Å². The molecule has 12 heterocycles. The van der Waals surface area contributed by atoms with Crippen LogP contribution in [0.15, 0.2) is 414 Å². The van der Waals surface area contributed by atoms with E-state index < -0.39 is 0 Å². The molecule has 0 fully saturated rings. The fourth-order valence-electron chi connectivity index (χ4n) is 15.8. The number of nitrogens with zero attached hydrogens (tertiary/aromatic N) is 14. The van der Waals surface area contributed by atoms with Crippen molar-refractivity contribution in [1.29, 1.82) is 0 Å². The minimum atomic E-state index is 0.659. The highest BCUT2D eigenvalue weighted by Gasteiger charge is 2.19. The predicted molar refractivity (Wildman–Crippen MR) is 494 cm³/mol. The van der Waals surface area contributed by atoms with E-state index in [-0.39, 0.29) is 0 Å². The zero-order valence-electron chi connectivity index (χ0n) is 65.5. The molecule has 0 aliphatic heterocycles. The molecule has 122 heavy (non-hydrogen) atoms. The summed E-state index contributed by atoms with van der Waals surface area (Å²) in [7, 11) is 0. The SMILES string of the molecule is c1ccc(-c2ccc(-c3nc(-c4cccc5ncccc45)cc(-c4cccc5ncccc45)n3)cc2)nc1.c1ccc2cc(-c3ccc(-c4cc(-c5ccc6cnccc6c5)cc(-c5ccc6cnccc6c5)n4)cc3)ncc2c1.c1ccc2cc(-c3ccc(-c4cc(-c5ccc6cnccc6c5)nc(-c5ccc6cnccc6c5)n4)cc3)ncc2c1. The summed E-state index contributed by atoms with van der Waals surface area (Å²) in [5, 5.41) is 15.7. The van der Waals surface area contributed by atoms with Crippen LogP contribution >= 0.6 is 0 Å². The second-order valence-electron chi connectivity index (χ2n) is 29.8. The topological polar surface area (TPSA) is 180 Å². The van der Waals surface area contributed by atoms with Crippen LogP contribution in [0.1, 0.15) is 0 Å². The minimum absolute atomic E-state index is 0.659. The molecule has 0 unspecified atom stereocenters. The molecule has 0 spiro atoms. The van der Waals surface area contributed by atoms with Gasteiger partial charge in [0.05, 0.1) is 62.3 Å². The molecule has 23 aromatic rings. The van der Waals surface area contributed by atoms with Crippen molar-refractivity contribution in [2.45, 2.75) is 0 Å². The van der Waals surface area contributed by atoms with Gasteiger partial charge in [0.15, 0.2) is 11.6 Å². The monoisotopic (exact) mass is 1560 g/mol. The van der Waals surface area contributed by atoms with E-state index in [1.54, 1.807) is 6.20 Å². The van der Waals surface area contributed by atoms with Crippen molar-refractivity contribution in [1.82, 2.24) is 69.8 Å². The summed E-state index contributed by atoms with van der Waals surface area (Å²) in [5.74, 6) is 1.34. The van der Waals surface area contributed by atoms with Gasteiger partial charge in [-0.25, -0.2) is 24.9 Å². The van der Waals surface area contributed by atoms with Crippen LogP contribution in [-0.2, 0) is 0 Å². The van der Waals surface area contributed by atoms with Gasteiger partial charge < -0.3 is 0 Å². The molecule has 12 aromatic heterocycles. The van der Waals surface area contributed by atoms with Crippen LogP contribution in [0, 0.1) is 0 Å². The van der Waals surface area contributed by atoms with Crippen LogP contribution < -0.4 is 0 Å². The lowest BCUT2D eigenvalue weighted by atomic mass is 9.97. The second kappa shape index (κ2) is 32.3. The average molecular weight is 1560 g/mol. The van der Waals surface area contributed by atoms with Crippen molar-refractivity contribution < 1.29 is 0 Å². The van der Waals surface area contributed by atoms with E-state index in [1.165, 1.54) is 10.8 Å². The summed E-state index contributed by atoms with van der Waals surface area (Å²) in [6.07, 6.45) is 24.2. The number of fused-ring (bicyclic) bond motifs is 8. The Bertz CT molecular complexity index is 7280. The molecule has 570 valence electrons. The lowest BCUT2D eigenvalue weighted by Gasteiger charge is -2.12. The molecule has 0 aliphatic carbocycles. The number of rotatable bonds is 12. The van der Waals surface area contributed by atoms with Crippen molar-refractivity contribution in [2.24, 2.45) is 0 Å². The zero-order chi connectivity index (χ0) is 81.1. The third-order valence-corrected chi connectivity index (χ3v) is 22.2. The Labute approximate surface area is 701 Å². The highest BCUT2D eigenvalue weighted by Crippen LogP contribution is 2.39. The zero-order valence-corrected chi connectivity index (χ0v) is 65.5. The second-order valence-corrected chi connectivity index (χ2v) is 29.8. The van der Waals surface area contributed by atoms with Crippen molar-refractivity contribution in [3.05, 3.63) is 414 Å². The van der Waals surface area contributed by atoms with Crippen molar-refractivity contribution in [3.63, 3.8) is 0 Å². The Morgan fingerprint density at radius 2 is 0.492 bits per heavy atom. The van der Waals surface area contributed by atoms with Gasteiger partial charge in [0.1, 0.15) is 0 Å². The van der Waals surface area contributed by atoms with Gasteiger partial charge in [0.25, 0.3) is 0 Å². The third kappa shape index (κ3) is 15.1. The molecule has 0 amide bonds. The Morgan fingerprint density at radius 3 is 0.975 bits per heavy atom. The predicted octanol–water partition coefficient (Wildman–Crippen LogP) is 25.8. The summed E-state index contributed by atoms with van der Waals surface area (Å²) < 4.78 is 0. The van der Waals surface area contributed by atoms with Crippen molar-refractivity contribution >= 4 is 86.4 Å². The molecule has 0 aliphatic rings. The molecule has 0 saturated carbocycles. The van der Waals surface area contributed by atoms with Gasteiger partial charge >= 0.3 is 0 Å². The Hall–Kier alpha value is -16.8. The smallest absolute Gasteiger partial charge is 0.160 e. The van der Waals surface area contributed by atoms with E-state index in [0.29, 0.717) is 11.6 Å². The maximum Gasteiger partial charge on any atom is 0.160 e. The fourth-order valence-corrected chi connectivity index (χ4v) is 15.8. The van der Waals surface area contributed by atoms with Gasteiger partial charge in [-0.15, -0.1) is 0 Å². The van der Waals surface area contributed by atoms with E-state index in [2.05, 4.69) is 284 Å². The summed E-state index contributed by atoms with van der Waals surface area (Å²) in [6.45, 7) is 0. The van der Waals surface area contributed by atoms with Crippen LogP contribution in [0.5, 0.6) is 0 Å². The molecule has 0 atom stereocenters. The fraction of sp³-hybridized carbons (Fsp3) is 0. The maximum atomic E-state index is 5.17. The van der Waals surface area contributed by atoms with Crippen LogP contribution in [0.25, 0.3) is 222 Å². The maximum absolute atomic E-state index is 5.17. The van der Waals surface area contributed by atoms with Crippen LogP contribution in [0.3, 0.4) is 0 Å². The highest BCUT2D eigenvalue weighted by atomic mass is 14.9. The number of benzene rings is 11. The molecular formula is C108H68N14. The molecule has 14 heteroatoms. The van der Waals surface area contributed by atoms with Gasteiger partial charge in [-0.3, -0.25) is 44.9 Å². The van der Waals surface area contributed by atoms with Crippen molar-refractivity contribution in [2.75, 3.05) is 0 Å². The largest absolute Gasteiger partial charge is 0.264 e. The number of pyridine rings is 10. The van der Waals surface area contributed by atoms with Crippen LogP contribution in [-0.4, -0.2) is 69.8 Å². The Kier molecular flexibility index (Phi) is 19.3. The van der Waals surface area contributed by atoms with Crippen molar-refractivity contribution in [3.8, 4) is 135 Å². The quantitative estimate of drug-likeness (QED) is 0.113.